The number of ether oxygens (including phenoxy) is 1. The number of imidazole rings is 1. The Kier molecular flexibility index (Phi) is 6.99. The number of nitrogens with zero attached hydrogens (tertiary/aromatic N) is 3. The first-order valence-corrected chi connectivity index (χ1v) is 10.7. The zero-order chi connectivity index (χ0) is 26.9. The number of anilines is 1. The molecule has 0 saturated heterocycles. The van der Waals surface area contributed by atoms with Crippen LogP contribution in [-0.4, -0.2) is 32.8 Å². The molecule has 0 aliphatic carbocycles. The molecule has 0 unspecified atom stereocenters. The number of rotatable bonds is 6. The van der Waals surface area contributed by atoms with Crippen molar-refractivity contribution in [1.82, 2.24) is 19.9 Å². The Balaban J connectivity index is 1.58. The molecule has 14 heteroatoms. The van der Waals surface area contributed by atoms with Crippen molar-refractivity contribution in [2.75, 3.05) is 5.32 Å². The van der Waals surface area contributed by atoms with Crippen molar-refractivity contribution >= 4 is 34.9 Å². The molecular formula is C23H15ClF5N5O3. The minimum Gasteiger partial charge on any atom is -0.406 e. The van der Waals surface area contributed by atoms with Crippen LogP contribution in [0.4, 0.5) is 27.8 Å². The van der Waals surface area contributed by atoms with Gasteiger partial charge < -0.3 is 15.4 Å². The second-order valence-electron chi connectivity index (χ2n) is 7.62. The first kappa shape index (κ1) is 25.8. The third-order valence-electron chi connectivity index (χ3n) is 4.89. The quantitative estimate of drug-likeness (QED) is 0.332. The summed E-state index contributed by atoms with van der Waals surface area (Å²) >= 11 is 6.05. The number of nitrogens with one attached hydrogen (secondary N) is 2. The molecule has 0 bridgehead atoms. The van der Waals surface area contributed by atoms with Crippen LogP contribution in [0.25, 0.3) is 16.9 Å². The lowest BCUT2D eigenvalue weighted by Gasteiger charge is -2.12. The summed E-state index contributed by atoms with van der Waals surface area (Å²) in [7, 11) is 0. The minimum atomic E-state index is -4.98. The third kappa shape index (κ3) is 6.12. The Hall–Kier alpha value is -4.26. The van der Waals surface area contributed by atoms with Gasteiger partial charge >= 0.3 is 6.36 Å². The van der Waals surface area contributed by atoms with Gasteiger partial charge in [-0.3, -0.25) is 9.59 Å². The maximum Gasteiger partial charge on any atom is 0.573 e. The van der Waals surface area contributed by atoms with Crippen LogP contribution in [0.3, 0.4) is 0 Å². The van der Waals surface area contributed by atoms with Crippen molar-refractivity contribution in [3.63, 3.8) is 0 Å². The molecule has 2 aromatic heterocycles. The fourth-order valence-corrected chi connectivity index (χ4v) is 3.58. The van der Waals surface area contributed by atoms with E-state index in [9.17, 15) is 31.5 Å². The highest BCUT2D eigenvalue weighted by atomic mass is 35.5. The number of amides is 2. The van der Waals surface area contributed by atoms with E-state index < -0.39 is 36.2 Å². The largest absolute Gasteiger partial charge is 0.573 e. The van der Waals surface area contributed by atoms with Gasteiger partial charge in [-0.15, -0.1) is 13.2 Å². The van der Waals surface area contributed by atoms with Gasteiger partial charge in [0.25, 0.3) is 5.91 Å². The molecule has 2 heterocycles. The Bertz CT molecular complexity index is 1520. The van der Waals surface area contributed by atoms with Gasteiger partial charge in [0.15, 0.2) is 11.5 Å². The van der Waals surface area contributed by atoms with Crippen LogP contribution in [0.2, 0.25) is 5.02 Å². The van der Waals surface area contributed by atoms with E-state index in [0.29, 0.717) is 5.65 Å². The van der Waals surface area contributed by atoms with Crippen LogP contribution in [0, 0.1) is 11.6 Å². The van der Waals surface area contributed by atoms with Crippen LogP contribution in [0.15, 0.2) is 48.7 Å². The average molecular weight is 540 g/mol. The lowest BCUT2D eigenvalue weighted by Crippen LogP contribution is -2.24. The number of carbonyl (C=O) groups is 2. The Morgan fingerprint density at radius 2 is 1.84 bits per heavy atom. The van der Waals surface area contributed by atoms with Crippen molar-refractivity contribution in [3.8, 4) is 17.0 Å². The number of benzene rings is 2. The van der Waals surface area contributed by atoms with Crippen LogP contribution in [-0.2, 0) is 11.3 Å². The predicted molar refractivity (Wildman–Crippen MR) is 122 cm³/mol. The van der Waals surface area contributed by atoms with Gasteiger partial charge in [0.05, 0.1) is 22.5 Å². The van der Waals surface area contributed by atoms with E-state index >= 15 is 0 Å². The van der Waals surface area contributed by atoms with Crippen molar-refractivity contribution in [2.24, 2.45) is 0 Å². The topological polar surface area (TPSA) is 97.6 Å². The summed E-state index contributed by atoms with van der Waals surface area (Å²) in [6.45, 7) is 0.799. The second-order valence-corrected chi connectivity index (χ2v) is 8.03. The Morgan fingerprint density at radius 3 is 2.54 bits per heavy atom. The summed E-state index contributed by atoms with van der Waals surface area (Å²) < 4.78 is 71.2. The fourth-order valence-electron chi connectivity index (χ4n) is 3.34. The Labute approximate surface area is 210 Å². The summed E-state index contributed by atoms with van der Waals surface area (Å²) in [5, 5.41) is 8.82. The normalized spacial score (nSPS) is 11.4. The smallest absolute Gasteiger partial charge is 0.406 e. The van der Waals surface area contributed by atoms with Crippen LogP contribution < -0.4 is 15.4 Å². The van der Waals surface area contributed by atoms with Crippen LogP contribution in [0.5, 0.6) is 5.75 Å². The molecule has 0 aliphatic rings. The third-order valence-corrected chi connectivity index (χ3v) is 5.20. The molecule has 0 radical (unpaired) electrons. The molecule has 2 amide bonds. The maximum absolute atomic E-state index is 14.7. The molecule has 4 rings (SSSR count). The molecule has 2 N–H and O–H groups in total. The van der Waals surface area contributed by atoms with Crippen LogP contribution >= 0.6 is 11.6 Å². The minimum absolute atomic E-state index is 0.0991. The summed E-state index contributed by atoms with van der Waals surface area (Å²) in [6.07, 6.45) is -3.57. The SMILES string of the molecule is CC(=O)Nc1cn2nc(-c3cc(C(=O)NCc4cc(OC(F)(F)F)ccc4F)c(Cl)cc3F)ccc2n1. The van der Waals surface area contributed by atoms with E-state index in [1.807, 2.05) is 0 Å². The van der Waals surface area contributed by atoms with Crippen molar-refractivity contribution in [2.45, 2.75) is 19.8 Å². The van der Waals surface area contributed by atoms with Gasteiger partial charge in [-0.25, -0.2) is 18.3 Å². The standard InChI is InChI=1S/C23H15ClF5N5O3/c1-11(35)31-20-10-34-21(32-20)5-4-19(33-34)15-7-14(16(24)8-18(15)26)22(36)30-9-12-6-13(2-3-17(12)25)37-23(27,28)29/h2-8,10H,9H2,1H3,(H,30,36)(H,31,35). The van der Waals surface area contributed by atoms with E-state index in [1.165, 1.54) is 29.8 Å². The number of carbonyl (C=O) groups excluding carboxylic acids is 2. The van der Waals surface area contributed by atoms with Crippen molar-refractivity contribution < 1.29 is 36.3 Å². The number of aromatic nitrogens is 3. The molecule has 0 saturated carbocycles. The Morgan fingerprint density at radius 1 is 1.08 bits per heavy atom. The van der Waals surface area contributed by atoms with Gasteiger partial charge in [0, 0.05) is 24.6 Å². The van der Waals surface area contributed by atoms with Gasteiger partial charge in [0.1, 0.15) is 17.4 Å². The molecule has 0 fully saturated rings. The van der Waals surface area contributed by atoms with Gasteiger partial charge in [-0.1, -0.05) is 11.6 Å². The number of alkyl halides is 3. The fraction of sp³-hybridized carbons (Fsp3) is 0.130. The average Bonchev–Trinajstić information content (AvgIpc) is 3.19. The zero-order valence-electron chi connectivity index (χ0n) is 18.7. The lowest BCUT2D eigenvalue weighted by molar-refractivity contribution is -0.274. The van der Waals surface area contributed by atoms with E-state index in [4.69, 9.17) is 11.6 Å². The molecule has 2 aromatic carbocycles. The number of hydrogen-bond acceptors (Lipinski definition) is 5. The lowest BCUT2D eigenvalue weighted by atomic mass is 10.1. The summed E-state index contributed by atoms with van der Waals surface area (Å²) in [6, 6.07) is 7.33. The molecule has 4 aromatic rings. The molecule has 37 heavy (non-hydrogen) atoms. The zero-order valence-corrected chi connectivity index (χ0v) is 19.4. The molecule has 0 atom stereocenters. The van der Waals surface area contributed by atoms with Crippen LogP contribution in [0.1, 0.15) is 22.8 Å². The van der Waals surface area contributed by atoms with E-state index in [-0.39, 0.29) is 39.1 Å². The van der Waals surface area contributed by atoms with E-state index in [1.54, 1.807) is 0 Å². The molecule has 8 nitrogen and oxygen atoms in total. The first-order chi connectivity index (χ1) is 17.4. The highest BCUT2D eigenvalue weighted by molar-refractivity contribution is 6.34. The number of halogens is 6. The van der Waals surface area contributed by atoms with Gasteiger partial charge in [-0.05, 0) is 42.5 Å². The van der Waals surface area contributed by atoms with E-state index in [2.05, 4.69) is 25.5 Å². The first-order valence-electron chi connectivity index (χ1n) is 10.4. The second kappa shape index (κ2) is 10.0. The van der Waals surface area contributed by atoms with Gasteiger partial charge in [0.2, 0.25) is 5.91 Å². The highest BCUT2D eigenvalue weighted by Crippen LogP contribution is 2.29. The number of hydrogen-bond donors (Lipinski definition) is 2. The molecular weight excluding hydrogens is 525 g/mol. The molecule has 192 valence electrons. The predicted octanol–water partition coefficient (Wildman–Crippen LogP) is 5.11. The van der Waals surface area contributed by atoms with E-state index in [0.717, 1.165) is 30.3 Å². The maximum atomic E-state index is 14.7. The molecule has 0 aliphatic heterocycles. The van der Waals surface area contributed by atoms with Crippen molar-refractivity contribution in [1.29, 1.82) is 0 Å². The molecule has 0 spiro atoms. The number of fused-ring (bicyclic) bond motifs is 1. The summed E-state index contributed by atoms with van der Waals surface area (Å²) in [4.78, 5) is 28.1. The van der Waals surface area contributed by atoms with Gasteiger partial charge in [-0.2, -0.15) is 5.10 Å². The summed E-state index contributed by atoms with van der Waals surface area (Å²) in [5.41, 5.74) is -0.106. The highest BCUT2D eigenvalue weighted by Gasteiger charge is 2.31. The monoisotopic (exact) mass is 539 g/mol. The summed E-state index contributed by atoms with van der Waals surface area (Å²) in [5.74, 6) is -3.30. The van der Waals surface area contributed by atoms with Crippen molar-refractivity contribution in [3.05, 3.63) is 76.4 Å².